The predicted molar refractivity (Wildman–Crippen MR) is 80.5 cm³/mol. The molecule has 110 valence electrons. The lowest BCUT2D eigenvalue weighted by Crippen LogP contribution is -2.42. The van der Waals surface area contributed by atoms with E-state index in [1.54, 1.807) is 11.0 Å². The number of piperidine rings is 1. The molecule has 0 bridgehead atoms. The molecule has 0 radical (unpaired) electrons. The number of anilines is 3. The van der Waals surface area contributed by atoms with Gasteiger partial charge in [-0.05, 0) is 38.0 Å². The van der Waals surface area contributed by atoms with Crippen molar-refractivity contribution in [2.75, 3.05) is 36.5 Å². The minimum atomic E-state index is -0.220. The van der Waals surface area contributed by atoms with Crippen LogP contribution in [0.15, 0.2) is 18.2 Å². The maximum absolute atomic E-state index is 11.6. The van der Waals surface area contributed by atoms with E-state index in [-0.39, 0.29) is 6.09 Å². The molecule has 1 aromatic rings. The smallest absolute Gasteiger partial charge is 0.409 e. The van der Waals surface area contributed by atoms with Crippen LogP contribution in [0.5, 0.6) is 0 Å². The van der Waals surface area contributed by atoms with Crippen LogP contribution in [0.4, 0.5) is 21.9 Å². The second kappa shape index (κ2) is 6.36. The van der Waals surface area contributed by atoms with Crippen LogP contribution in [0.2, 0.25) is 0 Å². The molecule has 20 heavy (non-hydrogen) atoms. The number of nitrogens with one attached hydrogen (secondary N) is 1. The fourth-order valence-corrected chi connectivity index (χ4v) is 2.32. The molecule has 0 saturated carbocycles. The summed E-state index contributed by atoms with van der Waals surface area (Å²) in [5.74, 6) is 0. The molecule has 6 nitrogen and oxygen atoms in total. The highest BCUT2D eigenvalue weighted by Gasteiger charge is 2.23. The lowest BCUT2D eigenvalue weighted by molar-refractivity contribution is 0.0983. The van der Waals surface area contributed by atoms with Crippen molar-refractivity contribution >= 4 is 23.2 Å². The molecule has 1 amide bonds. The molecule has 1 saturated heterocycles. The summed E-state index contributed by atoms with van der Waals surface area (Å²) in [5, 5.41) is 3.43. The first-order chi connectivity index (χ1) is 9.60. The Kier molecular flexibility index (Phi) is 4.55. The average Bonchev–Trinajstić information content (AvgIpc) is 2.44. The fraction of sp³-hybridized carbons (Fsp3) is 0.500. The number of rotatable bonds is 3. The van der Waals surface area contributed by atoms with Crippen molar-refractivity contribution in [3.63, 3.8) is 0 Å². The summed E-state index contributed by atoms with van der Waals surface area (Å²) in [6.45, 7) is 3.65. The van der Waals surface area contributed by atoms with E-state index < -0.39 is 0 Å². The van der Waals surface area contributed by atoms with Crippen molar-refractivity contribution in [1.29, 1.82) is 0 Å². The monoisotopic (exact) mass is 278 g/mol. The Morgan fingerprint density at radius 3 is 2.65 bits per heavy atom. The van der Waals surface area contributed by atoms with Gasteiger partial charge in [0.2, 0.25) is 0 Å². The summed E-state index contributed by atoms with van der Waals surface area (Å²) in [6, 6.07) is 5.89. The Bertz CT molecular complexity index is 470. The SMILES string of the molecule is CCOC(=O)N1CCC(Nc2ccc(N)c(N)c2)CC1. The molecular weight excluding hydrogens is 256 g/mol. The van der Waals surface area contributed by atoms with Gasteiger partial charge in [-0.1, -0.05) is 0 Å². The number of hydrogen-bond acceptors (Lipinski definition) is 5. The number of carbonyl (C=O) groups is 1. The van der Waals surface area contributed by atoms with E-state index >= 15 is 0 Å². The largest absolute Gasteiger partial charge is 0.450 e. The first-order valence-corrected chi connectivity index (χ1v) is 6.93. The van der Waals surface area contributed by atoms with Crippen molar-refractivity contribution in [2.45, 2.75) is 25.8 Å². The van der Waals surface area contributed by atoms with Crippen LogP contribution in [0.1, 0.15) is 19.8 Å². The Morgan fingerprint density at radius 2 is 2.05 bits per heavy atom. The van der Waals surface area contributed by atoms with Crippen LogP contribution in [0.25, 0.3) is 0 Å². The van der Waals surface area contributed by atoms with Crippen LogP contribution in [0, 0.1) is 0 Å². The van der Waals surface area contributed by atoms with Crippen LogP contribution in [0.3, 0.4) is 0 Å². The highest BCUT2D eigenvalue weighted by Crippen LogP contribution is 2.22. The summed E-state index contributed by atoms with van der Waals surface area (Å²) in [4.78, 5) is 13.3. The Morgan fingerprint density at radius 1 is 1.35 bits per heavy atom. The summed E-state index contributed by atoms with van der Waals surface area (Å²) in [5.41, 5.74) is 13.6. The minimum Gasteiger partial charge on any atom is -0.450 e. The van der Waals surface area contributed by atoms with Gasteiger partial charge >= 0.3 is 6.09 Å². The van der Waals surface area contributed by atoms with Crippen molar-refractivity contribution in [3.8, 4) is 0 Å². The van der Waals surface area contributed by atoms with Gasteiger partial charge in [-0.2, -0.15) is 0 Å². The van der Waals surface area contributed by atoms with Crippen LogP contribution in [-0.4, -0.2) is 36.7 Å². The summed E-state index contributed by atoms with van der Waals surface area (Å²) < 4.78 is 5.00. The summed E-state index contributed by atoms with van der Waals surface area (Å²) in [7, 11) is 0. The molecule has 1 aliphatic rings. The van der Waals surface area contributed by atoms with Gasteiger partial charge in [0.15, 0.2) is 0 Å². The van der Waals surface area contributed by atoms with Gasteiger partial charge in [0, 0.05) is 24.8 Å². The van der Waals surface area contributed by atoms with Gasteiger partial charge in [0.25, 0.3) is 0 Å². The molecule has 0 atom stereocenters. The minimum absolute atomic E-state index is 0.220. The van der Waals surface area contributed by atoms with Crippen molar-refractivity contribution in [3.05, 3.63) is 18.2 Å². The van der Waals surface area contributed by atoms with E-state index in [1.807, 2.05) is 19.1 Å². The molecule has 1 aromatic carbocycles. The lowest BCUT2D eigenvalue weighted by atomic mass is 10.0. The highest BCUT2D eigenvalue weighted by atomic mass is 16.6. The Labute approximate surface area is 119 Å². The van der Waals surface area contributed by atoms with E-state index in [1.165, 1.54) is 0 Å². The number of ether oxygens (including phenoxy) is 1. The predicted octanol–water partition coefficient (Wildman–Crippen LogP) is 1.88. The Hall–Kier alpha value is -2.11. The highest BCUT2D eigenvalue weighted by molar-refractivity contribution is 5.69. The van der Waals surface area contributed by atoms with E-state index in [0.29, 0.717) is 37.1 Å². The summed E-state index contributed by atoms with van der Waals surface area (Å²) in [6.07, 6.45) is 1.56. The molecule has 2 rings (SSSR count). The van der Waals surface area contributed by atoms with Gasteiger partial charge in [-0.25, -0.2) is 4.79 Å². The topological polar surface area (TPSA) is 93.6 Å². The Balaban J connectivity index is 1.85. The first-order valence-electron chi connectivity index (χ1n) is 6.93. The molecule has 0 aliphatic carbocycles. The molecule has 0 unspecified atom stereocenters. The third-order valence-corrected chi connectivity index (χ3v) is 3.48. The number of nitrogen functional groups attached to an aromatic ring is 2. The van der Waals surface area contributed by atoms with Crippen LogP contribution in [-0.2, 0) is 4.74 Å². The standard InChI is InChI=1S/C14H22N4O2/c1-2-20-14(19)18-7-5-10(6-8-18)17-11-3-4-12(15)13(16)9-11/h3-4,9-10,17H,2,5-8,15-16H2,1H3. The third kappa shape index (κ3) is 3.46. The van der Waals surface area contributed by atoms with Crippen LogP contribution < -0.4 is 16.8 Å². The van der Waals surface area contributed by atoms with E-state index in [9.17, 15) is 4.79 Å². The third-order valence-electron chi connectivity index (χ3n) is 3.48. The fourth-order valence-electron chi connectivity index (χ4n) is 2.32. The normalized spacial score (nSPS) is 15.9. The molecular formula is C14H22N4O2. The summed E-state index contributed by atoms with van der Waals surface area (Å²) >= 11 is 0. The van der Waals surface area contributed by atoms with Gasteiger partial charge < -0.3 is 26.4 Å². The number of amides is 1. The molecule has 5 N–H and O–H groups in total. The van der Waals surface area contributed by atoms with Crippen molar-refractivity contribution < 1.29 is 9.53 Å². The van der Waals surface area contributed by atoms with Gasteiger partial charge in [0.1, 0.15) is 0 Å². The second-order valence-electron chi connectivity index (χ2n) is 4.95. The molecule has 1 aliphatic heterocycles. The van der Waals surface area contributed by atoms with Crippen LogP contribution >= 0.6 is 0 Å². The number of hydrogen-bond donors (Lipinski definition) is 3. The van der Waals surface area contributed by atoms with Gasteiger partial charge in [0.05, 0.1) is 18.0 Å². The number of likely N-dealkylation sites (tertiary alicyclic amines) is 1. The van der Waals surface area contributed by atoms with Crippen molar-refractivity contribution in [1.82, 2.24) is 4.90 Å². The molecule has 6 heteroatoms. The lowest BCUT2D eigenvalue weighted by Gasteiger charge is -2.32. The van der Waals surface area contributed by atoms with E-state index in [0.717, 1.165) is 18.5 Å². The quantitative estimate of drug-likeness (QED) is 0.734. The van der Waals surface area contributed by atoms with Gasteiger partial charge in [-0.15, -0.1) is 0 Å². The van der Waals surface area contributed by atoms with Crippen molar-refractivity contribution in [2.24, 2.45) is 0 Å². The first kappa shape index (κ1) is 14.3. The maximum atomic E-state index is 11.6. The zero-order valence-electron chi connectivity index (χ0n) is 11.8. The van der Waals surface area contributed by atoms with Gasteiger partial charge in [-0.3, -0.25) is 0 Å². The molecule has 0 aromatic heterocycles. The number of nitrogens with two attached hydrogens (primary N) is 2. The molecule has 1 heterocycles. The molecule has 0 spiro atoms. The van der Waals surface area contributed by atoms with E-state index in [2.05, 4.69) is 5.32 Å². The zero-order chi connectivity index (χ0) is 14.5. The van der Waals surface area contributed by atoms with E-state index in [4.69, 9.17) is 16.2 Å². The number of benzene rings is 1. The molecule has 1 fully saturated rings. The number of carbonyl (C=O) groups excluding carboxylic acids is 1. The zero-order valence-corrected chi connectivity index (χ0v) is 11.8. The number of nitrogens with zero attached hydrogens (tertiary/aromatic N) is 1. The average molecular weight is 278 g/mol. The maximum Gasteiger partial charge on any atom is 0.409 e. The second-order valence-corrected chi connectivity index (χ2v) is 4.95.